The van der Waals surface area contributed by atoms with E-state index in [2.05, 4.69) is 14.5 Å². The number of hydrogen-bond acceptors (Lipinski definition) is 7. The molecule has 2 aliphatic heterocycles. The number of anilines is 1. The van der Waals surface area contributed by atoms with Crippen molar-refractivity contribution in [2.75, 3.05) is 31.9 Å². The van der Waals surface area contributed by atoms with Gasteiger partial charge < -0.3 is 25.0 Å². The van der Waals surface area contributed by atoms with Gasteiger partial charge in [-0.3, -0.25) is 9.59 Å². The molecule has 2 aliphatic rings. The number of rotatable bonds is 3. The highest BCUT2D eigenvalue weighted by Gasteiger charge is 2.43. The quantitative estimate of drug-likeness (QED) is 0.588. The van der Waals surface area contributed by atoms with E-state index >= 15 is 0 Å². The molecule has 5 rings (SSSR count). The second-order valence-electron chi connectivity index (χ2n) is 7.56. The Morgan fingerprint density at radius 2 is 1.76 bits per heavy atom. The number of nitrogen functional groups attached to an aromatic ring is 1. The minimum atomic E-state index is -3.68. The molecular formula is C22H18F2N4O4S. The van der Waals surface area contributed by atoms with E-state index in [0.29, 0.717) is 42.4 Å². The van der Waals surface area contributed by atoms with E-state index in [4.69, 9.17) is 5.73 Å². The van der Waals surface area contributed by atoms with Gasteiger partial charge in [0.15, 0.2) is 16.6 Å². The van der Waals surface area contributed by atoms with Crippen LogP contribution in [-0.4, -0.2) is 59.1 Å². The van der Waals surface area contributed by atoms with E-state index in [-0.39, 0.29) is 23.3 Å². The summed E-state index contributed by atoms with van der Waals surface area (Å²) in [5, 5.41) is 0.452. The third kappa shape index (κ3) is 4.31. The summed E-state index contributed by atoms with van der Waals surface area (Å²) in [4.78, 5) is 32.9. The van der Waals surface area contributed by atoms with Gasteiger partial charge in [0, 0.05) is 37.8 Å². The summed E-state index contributed by atoms with van der Waals surface area (Å²) in [6.45, 7) is 1.58. The molecule has 33 heavy (non-hydrogen) atoms. The van der Waals surface area contributed by atoms with Gasteiger partial charge in [-0.25, -0.2) is 4.98 Å². The summed E-state index contributed by atoms with van der Waals surface area (Å²) < 4.78 is 35.9. The molecule has 1 fully saturated rings. The first-order chi connectivity index (χ1) is 15.8. The summed E-state index contributed by atoms with van der Waals surface area (Å²) in [6, 6.07) is 9.58. The zero-order chi connectivity index (χ0) is 23.2. The maximum absolute atomic E-state index is 13.1. The number of carbonyl (C=O) groups excluding carboxylic acids is 2. The van der Waals surface area contributed by atoms with Gasteiger partial charge in [-0.2, -0.15) is 0 Å². The molecule has 3 aromatic rings. The minimum Gasteiger partial charge on any atom is -0.395 e. The summed E-state index contributed by atoms with van der Waals surface area (Å²) in [5.74, 6) is -0.474. The van der Waals surface area contributed by atoms with Gasteiger partial charge in [-0.05, 0) is 42.0 Å². The number of amides is 2. The summed E-state index contributed by atoms with van der Waals surface area (Å²) in [7, 11) is 0. The van der Waals surface area contributed by atoms with Crippen LogP contribution in [0.3, 0.4) is 0 Å². The predicted octanol–water partition coefficient (Wildman–Crippen LogP) is 3.20. The second-order valence-corrected chi connectivity index (χ2v) is 8.62. The number of halogens is 2. The van der Waals surface area contributed by atoms with Gasteiger partial charge in [0.25, 0.3) is 5.91 Å². The van der Waals surface area contributed by atoms with Crippen LogP contribution >= 0.6 is 11.3 Å². The van der Waals surface area contributed by atoms with Crippen LogP contribution in [0.25, 0.3) is 16.3 Å². The summed E-state index contributed by atoms with van der Waals surface area (Å²) >= 11 is 1.33. The SMILES string of the molecule is Nc1nc2ccc(C(=O)N3CCN(C(=O)/C=C/c4ccc5c(c4)OC(F)(F)O5)CC3)cc2s1. The number of nitrogens with two attached hydrogens (primary N) is 1. The zero-order valence-corrected chi connectivity index (χ0v) is 18.0. The fraction of sp³-hybridized carbons (Fsp3) is 0.227. The molecule has 3 heterocycles. The van der Waals surface area contributed by atoms with Crippen LogP contribution in [0.2, 0.25) is 0 Å². The van der Waals surface area contributed by atoms with E-state index in [9.17, 15) is 18.4 Å². The van der Waals surface area contributed by atoms with E-state index in [1.165, 1.54) is 35.6 Å². The Morgan fingerprint density at radius 3 is 2.55 bits per heavy atom. The number of carbonyl (C=O) groups is 2. The Kier molecular flexibility index (Phi) is 5.12. The number of benzene rings is 2. The Morgan fingerprint density at radius 1 is 1.03 bits per heavy atom. The molecule has 0 unspecified atom stereocenters. The lowest BCUT2D eigenvalue weighted by Gasteiger charge is -2.34. The van der Waals surface area contributed by atoms with Crippen molar-refractivity contribution >= 4 is 44.6 Å². The third-order valence-corrected chi connectivity index (χ3v) is 6.22. The van der Waals surface area contributed by atoms with Crippen LogP contribution in [0.15, 0.2) is 42.5 Å². The van der Waals surface area contributed by atoms with Crippen molar-refractivity contribution in [3.63, 3.8) is 0 Å². The first-order valence-corrected chi connectivity index (χ1v) is 10.9. The molecular weight excluding hydrogens is 454 g/mol. The standard InChI is InChI=1S/C22H18F2N4O4S/c23-22(24)31-16-5-1-13(11-17(16)32-22)2-6-19(29)27-7-9-28(10-8-27)20(30)14-3-4-15-18(12-14)33-21(25)26-15/h1-6,11-12H,7-10H2,(H2,25,26)/b6-2+. The van der Waals surface area contributed by atoms with Crippen molar-refractivity contribution in [2.24, 2.45) is 0 Å². The lowest BCUT2D eigenvalue weighted by Crippen LogP contribution is -2.50. The monoisotopic (exact) mass is 472 g/mol. The number of nitrogens with zero attached hydrogens (tertiary/aromatic N) is 3. The smallest absolute Gasteiger partial charge is 0.395 e. The fourth-order valence-electron chi connectivity index (χ4n) is 3.73. The average Bonchev–Trinajstić information content (AvgIpc) is 3.32. The first kappa shape index (κ1) is 21.1. The molecule has 0 radical (unpaired) electrons. The Labute approximate surface area is 190 Å². The molecule has 2 amide bonds. The molecule has 0 spiro atoms. The third-order valence-electron chi connectivity index (χ3n) is 5.37. The Balaban J connectivity index is 1.18. The predicted molar refractivity (Wildman–Crippen MR) is 118 cm³/mol. The number of fused-ring (bicyclic) bond motifs is 2. The molecule has 0 bridgehead atoms. The van der Waals surface area contributed by atoms with Crippen LogP contribution < -0.4 is 15.2 Å². The molecule has 2 N–H and O–H groups in total. The van der Waals surface area contributed by atoms with E-state index in [0.717, 1.165) is 10.2 Å². The lowest BCUT2D eigenvalue weighted by molar-refractivity contribution is -0.286. The van der Waals surface area contributed by atoms with Crippen LogP contribution in [0, 0.1) is 0 Å². The molecule has 170 valence electrons. The highest BCUT2D eigenvalue weighted by Crippen LogP contribution is 2.41. The van der Waals surface area contributed by atoms with Crippen LogP contribution in [0.4, 0.5) is 13.9 Å². The molecule has 11 heteroatoms. The van der Waals surface area contributed by atoms with Crippen molar-refractivity contribution in [3.05, 3.63) is 53.6 Å². The molecule has 1 saturated heterocycles. The van der Waals surface area contributed by atoms with E-state index in [1.807, 2.05) is 0 Å². The highest BCUT2D eigenvalue weighted by molar-refractivity contribution is 7.22. The summed E-state index contributed by atoms with van der Waals surface area (Å²) in [6.07, 6.45) is -0.789. The van der Waals surface area contributed by atoms with Gasteiger partial charge in [0.05, 0.1) is 10.2 Å². The maximum Gasteiger partial charge on any atom is 0.586 e. The summed E-state index contributed by atoms with van der Waals surface area (Å²) in [5.41, 5.74) is 7.56. The molecule has 0 saturated carbocycles. The van der Waals surface area contributed by atoms with Gasteiger partial charge in [-0.1, -0.05) is 17.4 Å². The molecule has 0 aliphatic carbocycles. The largest absolute Gasteiger partial charge is 0.586 e. The average molecular weight is 472 g/mol. The number of hydrogen-bond donors (Lipinski definition) is 1. The van der Waals surface area contributed by atoms with Crippen molar-refractivity contribution in [1.29, 1.82) is 0 Å². The number of ether oxygens (including phenoxy) is 2. The maximum atomic E-state index is 13.1. The zero-order valence-electron chi connectivity index (χ0n) is 17.2. The second kappa shape index (κ2) is 8.00. The van der Waals surface area contributed by atoms with Crippen molar-refractivity contribution in [3.8, 4) is 11.5 Å². The topological polar surface area (TPSA) is 98.0 Å². The normalized spacial score (nSPS) is 17.2. The van der Waals surface area contributed by atoms with Crippen LogP contribution in [0.1, 0.15) is 15.9 Å². The molecule has 2 aromatic carbocycles. The molecule has 1 aromatic heterocycles. The van der Waals surface area contributed by atoms with Gasteiger partial charge in [0.1, 0.15) is 0 Å². The number of alkyl halides is 2. The van der Waals surface area contributed by atoms with Crippen LogP contribution in [0.5, 0.6) is 11.5 Å². The lowest BCUT2D eigenvalue weighted by atomic mass is 10.1. The van der Waals surface area contributed by atoms with Gasteiger partial charge in [-0.15, -0.1) is 8.78 Å². The Hall–Kier alpha value is -3.73. The van der Waals surface area contributed by atoms with Crippen molar-refractivity contribution in [1.82, 2.24) is 14.8 Å². The van der Waals surface area contributed by atoms with Crippen molar-refractivity contribution in [2.45, 2.75) is 6.29 Å². The fourth-order valence-corrected chi connectivity index (χ4v) is 4.50. The van der Waals surface area contributed by atoms with Gasteiger partial charge >= 0.3 is 6.29 Å². The van der Waals surface area contributed by atoms with E-state index < -0.39 is 6.29 Å². The van der Waals surface area contributed by atoms with Gasteiger partial charge in [0.2, 0.25) is 5.91 Å². The number of piperazine rings is 1. The Bertz CT molecular complexity index is 1280. The highest BCUT2D eigenvalue weighted by atomic mass is 32.1. The van der Waals surface area contributed by atoms with Crippen LogP contribution in [-0.2, 0) is 4.79 Å². The number of aromatic nitrogens is 1. The minimum absolute atomic E-state index is 0.0535. The molecule has 8 nitrogen and oxygen atoms in total. The van der Waals surface area contributed by atoms with Crippen molar-refractivity contribution < 1.29 is 27.8 Å². The number of thiazole rings is 1. The first-order valence-electron chi connectivity index (χ1n) is 10.1. The molecule has 0 atom stereocenters. The van der Waals surface area contributed by atoms with E-state index in [1.54, 1.807) is 34.1 Å².